The number of ether oxygens (including phenoxy) is 3. The number of pyridine rings is 1. The molecule has 3 aromatic heterocycles. The number of aromatic nitrogens is 3. The lowest BCUT2D eigenvalue weighted by atomic mass is 10.0. The molecule has 12 heteroatoms. The lowest BCUT2D eigenvalue weighted by Crippen LogP contribution is -2.44. The standard InChI is InChI=1S/C24H25ClFN5O4S/c25-24-17(1-2-18(28-24)29-6-9-33-10-7-29)35-14-20(32)31-5-3-16-21(22(31)23-15(26)4-12-36-23)30-8-11-34-13-19(30)27-16/h1-2,4,12,22H,3,5-11,13-14H2. The maximum absolute atomic E-state index is 14.8. The molecule has 36 heavy (non-hydrogen) atoms. The number of hydrogen-bond donors (Lipinski definition) is 0. The van der Waals surface area contributed by atoms with Crippen molar-refractivity contribution in [3.05, 3.63) is 56.6 Å². The topological polar surface area (TPSA) is 82.0 Å². The number of carbonyl (C=O) groups excluding carboxylic acids is 1. The molecule has 1 fully saturated rings. The molecule has 1 amide bonds. The van der Waals surface area contributed by atoms with Crippen molar-refractivity contribution < 1.29 is 23.4 Å². The summed E-state index contributed by atoms with van der Waals surface area (Å²) in [5.74, 6) is 1.31. The number of fused-ring (bicyclic) bond motifs is 3. The molecule has 190 valence electrons. The van der Waals surface area contributed by atoms with Crippen molar-refractivity contribution >= 4 is 34.7 Å². The quantitative estimate of drug-likeness (QED) is 0.466. The lowest BCUT2D eigenvalue weighted by Gasteiger charge is -2.36. The van der Waals surface area contributed by atoms with Gasteiger partial charge in [-0.2, -0.15) is 0 Å². The van der Waals surface area contributed by atoms with Gasteiger partial charge in [-0.1, -0.05) is 11.6 Å². The zero-order valence-electron chi connectivity index (χ0n) is 19.5. The average molecular weight is 534 g/mol. The maximum atomic E-state index is 14.8. The number of nitrogens with zero attached hydrogens (tertiary/aromatic N) is 5. The molecular formula is C24H25ClFN5O4S. The fourth-order valence-corrected chi connectivity index (χ4v) is 6.07. The minimum Gasteiger partial charge on any atom is -0.481 e. The minimum atomic E-state index is -0.568. The van der Waals surface area contributed by atoms with Crippen molar-refractivity contribution in [2.45, 2.75) is 25.6 Å². The number of morpholine rings is 1. The van der Waals surface area contributed by atoms with Crippen LogP contribution in [0.5, 0.6) is 5.75 Å². The molecule has 0 saturated carbocycles. The monoisotopic (exact) mass is 533 g/mol. The summed E-state index contributed by atoms with van der Waals surface area (Å²) >= 11 is 7.69. The zero-order chi connectivity index (χ0) is 24.6. The highest BCUT2D eigenvalue weighted by molar-refractivity contribution is 7.10. The van der Waals surface area contributed by atoms with Gasteiger partial charge in [0.25, 0.3) is 5.91 Å². The first-order valence-electron chi connectivity index (χ1n) is 11.9. The Labute approximate surface area is 216 Å². The van der Waals surface area contributed by atoms with Crippen molar-refractivity contribution in [2.24, 2.45) is 0 Å². The van der Waals surface area contributed by atoms with Gasteiger partial charge in [0, 0.05) is 32.6 Å². The van der Waals surface area contributed by atoms with Gasteiger partial charge >= 0.3 is 0 Å². The first-order chi connectivity index (χ1) is 17.6. The first-order valence-corrected chi connectivity index (χ1v) is 13.2. The SMILES string of the molecule is O=C(COc1ccc(N2CCOCC2)nc1Cl)N1CCc2nc3n(c2C1c1sccc1F)CCOC3. The molecule has 6 heterocycles. The summed E-state index contributed by atoms with van der Waals surface area (Å²) in [5.41, 5.74) is 1.76. The summed E-state index contributed by atoms with van der Waals surface area (Å²) in [6.07, 6.45) is 0.584. The highest BCUT2D eigenvalue weighted by Crippen LogP contribution is 2.40. The Morgan fingerprint density at radius 3 is 2.75 bits per heavy atom. The van der Waals surface area contributed by atoms with Crippen LogP contribution in [0.3, 0.4) is 0 Å². The Hall–Kier alpha value is -2.73. The number of hydrogen-bond acceptors (Lipinski definition) is 8. The van der Waals surface area contributed by atoms with Gasteiger partial charge in [-0.25, -0.2) is 14.4 Å². The Kier molecular flexibility index (Phi) is 6.55. The molecule has 0 bridgehead atoms. The van der Waals surface area contributed by atoms with Crippen molar-refractivity contribution in [3.63, 3.8) is 0 Å². The molecule has 0 radical (unpaired) electrons. The van der Waals surface area contributed by atoms with Gasteiger partial charge in [-0.3, -0.25) is 4.79 Å². The van der Waals surface area contributed by atoms with E-state index < -0.39 is 6.04 Å². The highest BCUT2D eigenvalue weighted by atomic mass is 35.5. The Morgan fingerprint density at radius 2 is 1.97 bits per heavy atom. The van der Waals surface area contributed by atoms with E-state index in [1.807, 2.05) is 6.07 Å². The van der Waals surface area contributed by atoms with Crippen LogP contribution in [0.4, 0.5) is 10.2 Å². The van der Waals surface area contributed by atoms with E-state index in [1.165, 1.54) is 17.4 Å². The van der Waals surface area contributed by atoms with Crippen LogP contribution in [-0.4, -0.2) is 71.4 Å². The second-order valence-electron chi connectivity index (χ2n) is 8.78. The van der Waals surface area contributed by atoms with Crippen LogP contribution in [-0.2, 0) is 33.8 Å². The van der Waals surface area contributed by atoms with Gasteiger partial charge in [0.15, 0.2) is 17.5 Å². The summed E-state index contributed by atoms with van der Waals surface area (Å²) in [5, 5.41) is 1.90. The van der Waals surface area contributed by atoms with Gasteiger partial charge in [-0.15, -0.1) is 11.3 Å². The van der Waals surface area contributed by atoms with Crippen molar-refractivity contribution in [2.75, 3.05) is 51.0 Å². The first kappa shape index (κ1) is 23.7. The summed E-state index contributed by atoms with van der Waals surface area (Å²) in [4.78, 5) is 26.9. The van der Waals surface area contributed by atoms with E-state index in [0.717, 1.165) is 36.1 Å². The van der Waals surface area contributed by atoms with E-state index in [9.17, 15) is 9.18 Å². The number of thiophene rings is 1. The van der Waals surface area contributed by atoms with E-state index >= 15 is 0 Å². The molecule has 3 aliphatic heterocycles. The van der Waals surface area contributed by atoms with Crippen LogP contribution in [0.1, 0.15) is 28.1 Å². The second-order valence-corrected chi connectivity index (χ2v) is 10.1. The smallest absolute Gasteiger partial charge is 0.261 e. The van der Waals surface area contributed by atoms with Gasteiger partial charge in [0.05, 0.1) is 36.1 Å². The normalized spacial score (nSPS) is 19.7. The Balaban J connectivity index is 1.23. The van der Waals surface area contributed by atoms with Crippen LogP contribution < -0.4 is 9.64 Å². The van der Waals surface area contributed by atoms with Crippen molar-refractivity contribution in [3.8, 4) is 5.75 Å². The zero-order valence-corrected chi connectivity index (χ0v) is 21.1. The molecule has 1 unspecified atom stereocenters. The summed E-state index contributed by atoms with van der Waals surface area (Å²) < 4.78 is 33.7. The maximum Gasteiger partial charge on any atom is 0.261 e. The van der Waals surface area contributed by atoms with Crippen molar-refractivity contribution in [1.29, 1.82) is 0 Å². The molecule has 0 N–H and O–H groups in total. The summed E-state index contributed by atoms with van der Waals surface area (Å²) in [6.45, 7) is 4.53. The van der Waals surface area contributed by atoms with Crippen LogP contribution in [0.25, 0.3) is 0 Å². The predicted octanol–water partition coefficient (Wildman–Crippen LogP) is 3.05. The number of amides is 1. The number of rotatable bonds is 5. The van der Waals surface area contributed by atoms with Gasteiger partial charge in [-0.05, 0) is 23.6 Å². The molecule has 1 saturated heterocycles. The Morgan fingerprint density at radius 1 is 1.14 bits per heavy atom. The van der Waals surface area contributed by atoms with Gasteiger partial charge < -0.3 is 28.6 Å². The largest absolute Gasteiger partial charge is 0.481 e. The van der Waals surface area contributed by atoms with E-state index in [2.05, 4.69) is 14.5 Å². The number of carbonyl (C=O) groups is 1. The van der Waals surface area contributed by atoms with Gasteiger partial charge in [0.1, 0.15) is 30.1 Å². The molecule has 0 aromatic carbocycles. The highest BCUT2D eigenvalue weighted by Gasteiger charge is 2.39. The fourth-order valence-electron chi connectivity index (χ4n) is 4.99. The van der Waals surface area contributed by atoms with Gasteiger partial charge in [0.2, 0.25) is 0 Å². The summed E-state index contributed by atoms with van der Waals surface area (Å²) in [6, 6.07) is 4.42. The van der Waals surface area contributed by atoms with E-state index in [4.69, 9.17) is 30.8 Å². The Bertz CT molecular complexity index is 1280. The van der Waals surface area contributed by atoms with Crippen LogP contribution in [0, 0.1) is 5.82 Å². The van der Waals surface area contributed by atoms with Crippen LogP contribution in [0.2, 0.25) is 5.15 Å². The molecule has 1 atom stereocenters. The predicted molar refractivity (Wildman–Crippen MR) is 131 cm³/mol. The van der Waals surface area contributed by atoms with Crippen LogP contribution >= 0.6 is 22.9 Å². The third kappa shape index (κ3) is 4.34. The number of imidazole rings is 1. The molecular weight excluding hydrogens is 509 g/mol. The lowest BCUT2D eigenvalue weighted by molar-refractivity contribution is -0.135. The van der Waals surface area contributed by atoms with Crippen LogP contribution in [0.15, 0.2) is 23.6 Å². The average Bonchev–Trinajstić information content (AvgIpc) is 3.51. The molecule has 3 aromatic rings. The molecule has 0 spiro atoms. The third-order valence-electron chi connectivity index (χ3n) is 6.71. The van der Waals surface area contributed by atoms with E-state index in [0.29, 0.717) is 56.6 Å². The van der Waals surface area contributed by atoms with Crippen molar-refractivity contribution in [1.82, 2.24) is 19.4 Å². The summed E-state index contributed by atoms with van der Waals surface area (Å²) in [7, 11) is 0. The van der Waals surface area contributed by atoms with E-state index in [-0.39, 0.29) is 23.5 Å². The third-order valence-corrected chi connectivity index (χ3v) is 7.93. The minimum absolute atomic E-state index is 0.193. The fraction of sp³-hybridized carbons (Fsp3) is 0.458. The molecule has 6 rings (SSSR count). The number of anilines is 1. The second kappa shape index (κ2) is 9.97. The van der Waals surface area contributed by atoms with E-state index in [1.54, 1.807) is 16.3 Å². The number of halogens is 2. The molecule has 9 nitrogen and oxygen atoms in total. The molecule has 3 aliphatic rings. The molecule has 0 aliphatic carbocycles.